The first-order chi connectivity index (χ1) is 20.4. The van der Waals surface area contributed by atoms with E-state index < -0.39 is 31.9 Å². The van der Waals surface area contributed by atoms with Crippen LogP contribution in [0, 0.1) is 5.82 Å². The molecule has 0 aliphatic carbocycles. The molecule has 2 atom stereocenters. The van der Waals surface area contributed by atoms with E-state index in [2.05, 4.69) is 33.9 Å². The Morgan fingerprint density at radius 2 is 1.68 bits per heavy atom. The Bertz CT molecular complexity index is 1440. The maximum atomic E-state index is 13.7. The molecule has 9 heteroatoms. The molecule has 44 heavy (non-hydrogen) atoms. The fraction of sp³-hybridized carbons (Fsp3) is 0.429. The molecular formula is C35H45ClFNO4SSi. The summed E-state index contributed by atoms with van der Waals surface area (Å²) in [6.45, 7) is 18.9. The van der Waals surface area contributed by atoms with E-state index in [1.165, 1.54) is 23.9 Å². The highest BCUT2D eigenvalue weighted by atomic mass is 35.5. The third kappa shape index (κ3) is 10.2. The number of nitrogens with zero attached hydrogens (tertiary/aromatic N) is 1. The van der Waals surface area contributed by atoms with Crippen molar-refractivity contribution in [3.63, 3.8) is 0 Å². The molecule has 0 unspecified atom stereocenters. The maximum Gasteiger partial charge on any atom is 0.410 e. The van der Waals surface area contributed by atoms with E-state index in [0.29, 0.717) is 34.7 Å². The zero-order valence-electron chi connectivity index (χ0n) is 27.2. The van der Waals surface area contributed by atoms with Crippen molar-refractivity contribution >= 4 is 44.1 Å². The molecular weight excluding hydrogens is 613 g/mol. The van der Waals surface area contributed by atoms with Crippen LogP contribution in [0.25, 0.3) is 0 Å². The van der Waals surface area contributed by atoms with Crippen molar-refractivity contribution in [2.24, 2.45) is 0 Å². The van der Waals surface area contributed by atoms with Crippen molar-refractivity contribution in [1.82, 2.24) is 4.90 Å². The number of ether oxygens (including phenoxy) is 1. The lowest BCUT2D eigenvalue weighted by Gasteiger charge is -2.41. The van der Waals surface area contributed by atoms with E-state index in [1.807, 2.05) is 76.2 Å². The third-order valence-corrected chi connectivity index (χ3v) is 13.6. The first-order valence-corrected chi connectivity index (χ1v) is 18.9. The van der Waals surface area contributed by atoms with Gasteiger partial charge >= 0.3 is 6.09 Å². The van der Waals surface area contributed by atoms with E-state index >= 15 is 0 Å². The van der Waals surface area contributed by atoms with Crippen LogP contribution in [0.15, 0.2) is 76.5 Å². The lowest BCUT2D eigenvalue weighted by molar-refractivity contribution is 0.00679. The molecule has 0 aliphatic rings. The molecule has 0 saturated heterocycles. The molecule has 1 amide bonds. The zero-order chi connectivity index (χ0) is 32.9. The highest BCUT2D eigenvalue weighted by molar-refractivity contribution is 7.99. The minimum atomic E-state index is -2.24. The zero-order valence-corrected chi connectivity index (χ0v) is 29.8. The van der Waals surface area contributed by atoms with Crippen molar-refractivity contribution in [2.75, 3.05) is 6.54 Å². The van der Waals surface area contributed by atoms with Gasteiger partial charge in [-0.25, -0.2) is 9.18 Å². The fourth-order valence-corrected chi connectivity index (χ4v) is 6.72. The molecule has 3 aromatic carbocycles. The first kappa shape index (κ1) is 35.8. The number of carbonyl (C=O) groups excluding carboxylic acids is 2. The second kappa shape index (κ2) is 14.6. The SMILES string of the molecule is C[C@H](Cc1ccc(Sc2ccc(F)cc2C=O)cc1)N(C[C@H](O[Si](C)(C)C(C)(C)C)c1cccc(Cl)c1)C(=O)OC(C)(C)C. The summed E-state index contributed by atoms with van der Waals surface area (Å²) < 4.78 is 26.4. The molecule has 0 radical (unpaired) electrons. The molecule has 0 saturated carbocycles. The summed E-state index contributed by atoms with van der Waals surface area (Å²) in [6.07, 6.45) is 0.452. The predicted molar refractivity (Wildman–Crippen MR) is 181 cm³/mol. The Morgan fingerprint density at radius 1 is 1.02 bits per heavy atom. The number of halogens is 2. The van der Waals surface area contributed by atoms with E-state index in [0.717, 1.165) is 16.0 Å². The van der Waals surface area contributed by atoms with Gasteiger partial charge in [0.15, 0.2) is 14.6 Å². The molecule has 238 valence electrons. The third-order valence-electron chi connectivity index (χ3n) is 7.77. The summed E-state index contributed by atoms with van der Waals surface area (Å²) in [5.41, 5.74) is 1.60. The Balaban J connectivity index is 1.89. The molecule has 5 nitrogen and oxygen atoms in total. The lowest BCUT2D eigenvalue weighted by atomic mass is 10.0. The summed E-state index contributed by atoms with van der Waals surface area (Å²) in [6, 6.07) is 19.6. The van der Waals surface area contributed by atoms with Gasteiger partial charge in [-0.3, -0.25) is 4.79 Å². The average molecular weight is 658 g/mol. The topological polar surface area (TPSA) is 55.8 Å². The summed E-state index contributed by atoms with van der Waals surface area (Å²) >= 11 is 7.81. The van der Waals surface area contributed by atoms with Crippen LogP contribution in [0.5, 0.6) is 0 Å². The summed E-state index contributed by atoms with van der Waals surface area (Å²) in [5, 5.41) is 0.578. The summed E-state index contributed by atoms with van der Waals surface area (Å²) in [4.78, 5) is 28.5. The molecule has 0 N–H and O–H groups in total. The fourth-order valence-electron chi connectivity index (χ4n) is 4.36. The quantitative estimate of drug-likeness (QED) is 0.152. The number of hydrogen-bond acceptors (Lipinski definition) is 5. The minimum Gasteiger partial charge on any atom is -0.444 e. The lowest BCUT2D eigenvalue weighted by Crippen LogP contribution is -2.48. The van der Waals surface area contributed by atoms with Gasteiger partial charge in [-0.05, 0) is 106 Å². The van der Waals surface area contributed by atoms with Crippen LogP contribution in [0.4, 0.5) is 9.18 Å². The van der Waals surface area contributed by atoms with Gasteiger partial charge in [-0.2, -0.15) is 0 Å². The summed E-state index contributed by atoms with van der Waals surface area (Å²) in [5.74, 6) is -0.442. The number of amides is 1. The molecule has 3 aromatic rings. The Hall–Kier alpha value is -2.65. The van der Waals surface area contributed by atoms with Crippen molar-refractivity contribution in [3.05, 3.63) is 94.3 Å². The molecule has 0 bridgehead atoms. The highest BCUT2D eigenvalue weighted by Gasteiger charge is 2.41. The van der Waals surface area contributed by atoms with Crippen LogP contribution >= 0.6 is 23.4 Å². The summed E-state index contributed by atoms with van der Waals surface area (Å²) in [7, 11) is -2.24. The smallest absolute Gasteiger partial charge is 0.410 e. The van der Waals surface area contributed by atoms with Gasteiger partial charge in [0.25, 0.3) is 0 Å². The van der Waals surface area contributed by atoms with Crippen molar-refractivity contribution in [1.29, 1.82) is 0 Å². The van der Waals surface area contributed by atoms with Crippen LogP contribution in [-0.2, 0) is 15.6 Å². The van der Waals surface area contributed by atoms with E-state index in [4.69, 9.17) is 20.8 Å². The largest absolute Gasteiger partial charge is 0.444 e. The second-order valence-electron chi connectivity index (χ2n) is 13.7. The molecule has 3 rings (SSSR count). The monoisotopic (exact) mass is 657 g/mol. The van der Waals surface area contributed by atoms with Crippen LogP contribution in [-0.4, -0.2) is 43.8 Å². The van der Waals surface area contributed by atoms with Crippen LogP contribution < -0.4 is 0 Å². The number of rotatable bonds is 11. The van der Waals surface area contributed by atoms with Crippen molar-refractivity contribution in [3.8, 4) is 0 Å². The van der Waals surface area contributed by atoms with Crippen molar-refractivity contribution < 1.29 is 23.1 Å². The molecule has 0 heterocycles. The molecule has 0 aromatic heterocycles. The van der Waals surface area contributed by atoms with E-state index in [1.54, 1.807) is 11.0 Å². The van der Waals surface area contributed by atoms with Gasteiger partial charge in [-0.15, -0.1) is 0 Å². The number of benzene rings is 3. The maximum absolute atomic E-state index is 13.7. The van der Waals surface area contributed by atoms with Gasteiger partial charge in [0.05, 0.1) is 12.6 Å². The molecule has 0 spiro atoms. The number of carbonyl (C=O) groups is 2. The van der Waals surface area contributed by atoms with E-state index in [-0.39, 0.29) is 11.1 Å². The van der Waals surface area contributed by atoms with Crippen molar-refractivity contribution in [2.45, 2.75) is 101 Å². The number of hydrogen-bond donors (Lipinski definition) is 0. The Morgan fingerprint density at radius 3 is 2.25 bits per heavy atom. The predicted octanol–water partition coefficient (Wildman–Crippen LogP) is 10.4. The van der Waals surface area contributed by atoms with Gasteiger partial charge in [0, 0.05) is 26.4 Å². The second-order valence-corrected chi connectivity index (χ2v) is 20.0. The Kier molecular flexibility index (Phi) is 11.9. The minimum absolute atomic E-state index is 0.0354. The first-order valence-electron chi connectivity index (χ1n) is 14.8. The number of aldehydes is 1. The standard InChI is InChI=1S/C35H45ClFNO4SSi/c1-24(19-25-13-16-30(17-14-25)43-32-18-15-29(37)21-27(32)23-39)38(33(40)41-34(2,3)4)22-31(26-11-10-12-28(36)20-26)42-44(8,9)35(5,6)7/h10-18,20-21,23-24,31H,19,22H2,1-9H3/t24-,31+/m1/s1. The molecule has 0 fully saturated rings. The van der Waals surface area contributed by atoms with Gasteiger partial charge < -0.3 is 14.1 Å². The van der Waals surface area contributed by atoms with Crippen LogP contribution in [0.2, 0.25) is 23.2 Å². The van der Waals surface area contributed by atoms with Gasteiger partial charge in [-0.1, -0.05) is 68.4 Å². The average Bonchev–Trinajstić information content (AvgIpc) is 2.91. The normalized spacial score (nSPS) is 13.7. The van der Waals surface area contributed by atoms with Gasteiger partial charge in [0.1, 0.15) is 11.4 Å². The van der Waals surface area contributed by atoms with E-state index in [9.17, 15) is 14.0 Å². The van der Waals surface area contributed by atoms with Crippen LogP contribution in [0.1, 0.15) is 76.1 Å². The Labute approximate surface area is 272 Å². The highest BCUT2D eigenvalue weighted by Crippen LogP contribution is 2.40. The van der Waals surface area contributed by atoms with Crippen LogP contribution in [0.3, 0.4) is 0 Å². The molecule has 0 aliphatic heterocycles. The van der Waals surface area contributed by atoms with Gasteiger partial charge in [0.2, 0.25) is 0 Å².